The van der Waals surface area contributed by atoms with Gasteiger partial charge in [-0.05, 0) is 60.9 Å². The van der Waals surface area contributed by atoms with Crippen LogP contribution in [0.5, 0.6) is 0 Å². The zero-order valence-electron chi connectivity index (χ0n) is 16.5. The second-order valence-corrected chi connectivity index (χ2v) is 7.34. The SMILES string of the molecule is CCc1cc2cccc(-c3cc(C)c(=O)n(C)c3)c2c(=O)n1C1=CCCC=C1. The Bertz CT molecular complexity index is 1230. The van der Waals surface area contributed by atoms with Gasteiger partial charge in [0.2, 0.25) is 0 Å². The lowest BCUT2D eigenvalue weighted by Gasteiger charge is -2.18. The molecule has 0 saturated heterocycles. The van der Waals surface area contributed by atoms with Crippen molar-refractivity contribution in [2.75, 3.05) is 0 Å². The first-order chi connectivity index (χ1) is 13.5. The second-order valence-electron chi connectivity index (χ2n) is 7.34. The maximum Gasteiger partial charge on any atom is 0.263 e. The van der Waals surface area contributed by atoms with Gasteiger partial charge in [-0.15, -0.1) is 0 Å². The van der Waals surface area contributed by atoms with Gasteiger partial charge in [-0.2, -0.15) is 0 Å². The van der Waals surface area contributed by atoms with Crippen molar-refractivity contribution in [2.45, 2.75) is 33.1 Å². The highest BCUT2D eigenvalue weighted by molar-refractivity contribution is 5.96. The summed E-state index contributed by atoms with van der Waals surface area (Å²) >= 11 is 0. The summed E-state index contributed by atoms with van der Waals surface area (Å²) in [6.45, 7) is 3.88. The van der Waals surface area contributed by atoms with E-state index in [0.717, 1.165) is 47.2 Å². The van der Waals surface area contributed by atoms with Gasteiger partial charge < -0.3 is 4.57 Å². The van der Waals surface area contributed by atoms with Gasteiger partial charge in [0.15, 0.2) is 0 Å². The lowest BCUT2D eigenvalue weighted by molar-refractivity contribution is 0.850. The monoisotopic (exact) mass is 372 g/mol. The van der Waals surface area contributed by atoms with Crippen LogP contribution in [0.1, 0.15) is 31.0 Å². The minimum Gasteiger partial charge on any atom is -0.318 e. The van der Waals surface area contributed by atoms with Gasteiger partial charge in [0, 0.05) is 30.2 Å². The molecule has 0 saturated carbocycles. The van der Waals surface area contributed by atoms with Crippen LogP contribution in [0.25, 0.3) is 27.6 Å². The second kappa shape index (κ2) is 7.12. The van der Waals surface area contributed by atoms with Gasteiger partial charge in [-0.3, -0.25) is 14.2 Å². The minimum atomic E-state index is -0.0211. The van der Waals surface area contributed by atoms with E-state index >= 15 is 0 Å². The number of nitrogens with zero attached hydrogens (tertiary/aromatic N) is 2. The fraction of sp³-hybridized carbons (Fsp3) is 0.250. The normalized spacial score (nSPS) is 13.8. The van der Waals surface area contributed by atoms with E-state index in [2.05, 4.69) is 25.1 Å². The molecule has 1 aliphatic carbocycles. The summed E-state index contributed by atoms with van der Waals surface area (Å²) in [7, 11) is 1.75. The van der Waals surface area contributed by atoms with Crippen LogP contribution in [0.15, 0.2) is 64.3 Å². The molecule has 0 atom stereocenters. The molecule has 4 nitrogen and oxygen atoms in total. The molecule has 0 radical (unpaired) electrons. The standard InChI is InChI=1S/C24H24N2O2/c1-4-19-14-17-9-8-12-21(18-13-16(2)23(27)25(3)15-18)22(17)24(28)26(19)20-10-6-5-7-11-20/h6,8-15H,4-5,7H2,1-3H3. The van der Waals surface area contributed by atoms with Gasteiger partial charge in [-0.25, -0.2) is 0 Å². The van der Waals surface area contributed by atoms with Crippen LogP contribution in [0.2, 0.25) is 0 Å². The molecular weight excluding hydrogens is 348 g/mol. The van der Waals surface area contributed by atoms with Crippen molar-refractivity contribution in [3.63, 3.8) is 0 Å². The summed E-state index contributed by atoms with van der Waals surface area (Å²) in [5, 5.41) is 1.63. The van der Waals surface area contributed by atoms with E-state index in [-0.39, 0.29) is 11.1 Å². The zero-order chi connectivity index (χ0) is 19.8. The third-order valence-corrected chi connectivity index (χ3v) is 5.39. The molecule has 0 aliphatic heterocycles. The van der Waals surface area contributed by atoms with Crippen LogP contribution in [0, 0.1) is 6.92 Å². The van der Waals surface area contributed by atoms with Gasteiger partial charge >= 0.3 is 0 Å². The third kappa shape index (κ3) is 2.95. The molecule has 0 spiro atoms. The van der Waals surface area contributed by atoms with Crippen LogP contribution in [0.3, 0.4) is 0 Å². The topological polar surface area (TPSA) is 44.0 Å². The van der Waals surface area contributed by atoms with Crippen molar-refractivity contribution < 1.29 is 0 Å². The van der Waals surface area contributed by atoms with Gasteiger partial charge in [0.1, 0.15) is 0 Å². The quantitative estimate of drug-likeness (QED) is 0.683. The molecule has 2 heterocycles. The number of hydrogen-bond donors (Lipinski definition) is 0. The Morgan fingerprint density at radius 2 is 1.89 bits per heavy atom. The highest BCUT2D eigenvalue weighted by atomic mass is 16.1. The van der Waals surface area contributed by atoms with Crippen molar-refractivity contribution in [1.29, 1.82) is 0 Å². The Hall–Kier alpha value is -3.14. The summed E-state index contributed by atoms with van der Waals surface area (Å²) in [4.78, 5) is 25.8. The molecule has 1 aliphatic rings. The molecule has 0 N–H and O–H groups in total. The molecule has 0 amide bonds. The molecule has 28 heavy (non-hydrogen) atoms. The molecule has 2 aromatic heterocycles. The Morgan fingerprint density at radius 3 is 2.57 bits per heavy atom. The Labute approximate surface area is 164 Å². The van der Waals surface area contributed by atoms with Crippen LogP contribution >= 0.6 is 0 Å². The molecule has 0 unspecified atom stereocenters. The first-order valence-electron chi connectivity index (χ1n) is 9.73. The number of benzene rings is 1. The van der Waals surface area contributed by atoms with Crippen molar-refractivity contribution in [1.82, 2.24) is 9.13 Å². The van der Waals surface area contributed by atoms with Crippen molar-refractivity contribution >= 4 is 16.5 Å². The first-order valence-corrected chi connectivity index (χ1v) is 9.73. The van der Waals surface area contributed by atoms with Crippen molar-refractivity contribution in [2.24, 2.45) is 7.05 Å². The number of rotatable bonds is 3. The third-order valence-electron chi connectivity index (χ3n) is 5.39. The number of fused-ring (bicyclic) bond motifs is 1. The Balaban J connectivity index is 2.08. The molecular formula is C24H24N2O2. The van der Waals surface area contributed by atoms with Crippen LogP contribution in [-0.2, 0) is 13.5 Å². The predicted molar refractivity (Wildman–Crippen MR) is 116 cm³/mol. The summed E-state index contributed by atoms with van der Waals surface area (Å²) in [6.07, 6.45) is 10.8. The molecule has 0 bridgehead atoms. The number of aromatic nitrogens is 2. The van der Waals surface area contributed by atoms with E-state index in [9.17, 15) is 9.59 Å². The van der Waals surface area contributed by atoms with Gasteiger partial charge in [0.05, 0.1) is 5.39 Å². The smallest absolute Gasteiger partial charge is 0.263 e. The largest absolute Gasteiger partial charge is 0.318 e. The molecule has 4 rings (SSSR count). The molecule has 3 aromatic rings. The summed E-state index contributed by atoms with van der Waals surface area (Å²) < 4.78 is 3.42. The molecule has 0 fully saturated rings. The van der Waals surface area contributed by atoms with E-state index in [1.807, 2.05) is 41.8 Å². The van der Waals surface area contributed by atoms with Crippen molar-refractivity contribution in [3.05, 3.63) is 86.7 Å². The van der Waals surface area contributed by atoms with E-state index in [0.29, 0.717) is 10.9 Å². The van der Waals surface area contributed by atoms with E-state index in [4.69, 9.17) is 0 Å². The lowest BCUT2D eigenvalue weighted by Crippen LogP contribution is -2.23. The molecule has 4 heteroatoms. The van der Waals surface area contributed by atoms with Gasteiger partial charge in [-0.1, -0.05) is 37.3 Å². The average Bonchev–Trinajstić information content (AvgIpc) is 2.71. The molecule has 1 aromatic carbocycles. The highest BCUT2D eigenvalue weighted by Crippen LogP contribution is 2.28. The minimum absolute atomic E-state index is 0.00532. The van der Waals surface area contributed by atoms with E-state index in [1.165, 1.54) is 0 Å². The maximum atomic E-state index is 13.7. The van der Waals surface area contributed by atoms with Crippen LogP contribution in [0.4, 0.5) is 0 Å². The predicted octanol–water partition coefficient (Wildman–Crippen LogP) is 4.43. The summed E-state index contributed by atoms with van der Waals surface area (Å²) in [5.74, 6) is 0. The summed E-state index contributed by atoms with van der Waals surface area (Å²) in [5.41, 5.74) is 4.33. The summed E-state index contributed by atoms with van der Waals surface area (Å²) in [6, 6.07) is 9.90. The van der Waals surface area contributed by atoms with Crippen molar-refractivity contribution in [3.8, 4) is 11.1 Å². The maximum absolute atomic E-state index is 13.7. The Kier molecular flexibility index (Phi) is 4.63. The fourth-order valence-corrected chi connectivity index (χ4v) is 3.99. The average molecular weight is 372 g/mol. The van der Waals surface area contributed by atoms with E-state index in [1.54, 1.807) is 17.8 Å². The lowest BCUT2D eigenvalue weighted by atomic mass is 9.98. The van der Waals surface area contributed by atoms with Crippen LogP contribution < -0.4 is 11.1 Å². The highest BCUT2D eigenvalue weighted by Gasteiger charge is 2.16. The van der Waals surface area contributed by atoms with Crippen LogP contribution in [-0.4, -0.2) is 9.13 Å². The number of hydrogen-bond acceptors (Lipinski definition) is 2. The zero-order valence-corrected chi connectivity index (χ0v) is 16.5. The number of aryl methyl sites for hydroxylation is 3. The Morgan fingerprint density at radius 1 is 1.07 bits per heavy atom. The van der Waals surface area contributed by atoms with Gasteiger partial charge in [0.25, 0.3) is 11.1 Å². The van der Waals surface area contributed by atoms with E-state index < -0.39 is 0 Å². The fourth-order valence-electron chi connectivity index (χ4n) is 3.99. The number of pyridine rings is 2. The first kappa shape index (κ1) is 18.2. The molecule has 142 valence electrons. The number of allylic oxidation sites excluding steroid dienone is 4.